The van der Waals surface area contributed by atoms with Crippen LogP contribution in [0.25, 0.3) is 10.1 Å². The Kier molecular flexibility index (Phi) is 4.85. The lowest BCUT2D eigenvalue weighted by atomic mass is 10.00. The molecule has 1 aliphatic heterocycles. The zero-order chi connectivity index (χ0) is 19.0. The Balaban J connectivity index is 1.44. The van der Waals surface area contributed by atoms with E-state index in [0.29, 0.717) is 17.5 Å². The third-order valence-corrected chi connectivity index (χ3v) is 6.32. The molecule has 0 atom stereocenters. The van der Waals surface area contributed by atoms with E-state index in [9.17, 15) is 9.59 Å². The van der Waals surface area contributed by atoms with Crippen LogP contribution in [-0.4, -0.2) is 35.0 Å². The summed E-state index contributed by atoms with van der Waals surface area (Å²) in [4.78, 5) is 28.5. The Morgan fingerprint density at radius 2 is 2.00 bits per heavy atom. The van der Waals surface area contributed by atoms with Crippen LogP contribution >= 0.6 is 11.3 Å². The van der Waals surface area contributed by atoms with Crippen molar-refractivity contribution < 1.29 is 4.79 Å². The minimum Gasteiger partial charge on any atom is -0.351 e. The summed E-state index contributed by atoms with van der Waals surface area (Å²) in [6.45, 7) is 5.21. The molecule has 5 nitrogen and oxygen atoms in total. The number of aromatic nitrogens is 1. The van der Waals surface area contributed by atoms with Crippen LogP contribution < -0.4 is 10.9 Å². The summed E-state index contributed by atoms with van der Waals surface area (Å²) >= 11 is 1.50. The zero-order valence-corrected chi connectivity index (χ0v) is 16.4. The fraction of sp³-hybridized carbons (Fsp3) is 0.333. The SMILES string of the molecule is Cc1sc2ccn(C)c(=O)c2c1C(=O)NCCN1CCc2ccccc2C1. The molecule has 1 N–H and O–H groups in total. The number of nitrogens with one attached hydrogen (secondary N) is 1. The summed E-state index contributed by atoms with van der Waals surface area (Å²) in [6.07, 6.45) is 2.80. The fourth-order valence-corrected chi connectivity index (χ4v) is 4.80. The van der Waals surface area contributed by atoms with Crippen LogP contribution in [0, 0.1) is 6.92 Å². The summed E-state index contributed by atoms with van der Waals surface area (Å²) in [7, 11) is 1.71. The number of pyridine rings is 1. The summed E-state index contributed by atoms with van der Waals surface area (Å²) in [5.74, 6) is -0.153. The Morgan fingerprint density at radius 1 is 1.22 bits per heavy atom. The molecule has 0 radical (unpaired) electrons. The van der Waals surface area contributed by atoms with Crippen LogP contribution in [0.1, 0.15) is 26.4 Å². The van der Waals surface area contributed by atoms with Crippen molar-refractivity contribution in [2.75, 3.05) is 19.6 Å². The highest BCUT2D eigenvalue weighted by Crippen LogP contribution is 2.28. The second kappa shape index (κ2) is 7.29. The summed E-state index contributed by atoms with van der Waals surface area (Å²) in [6, 6.07) is 10.4. The summed E-state index contributed by atoms with van der Waals surface area (Å²) < 4.78 is 2.39. The average Bonchev–Trinajstić information content (AvgIpc) is 3.01. The number of fused-ring (bicyclic) bond motifs is 2. The van der Waals surface area contributed by atoms with Crippen LogP contribution in [0.3, 0.4) is 0 Å². The molecule has 0 fully saturated rings. The molecule has 1 amide bonds. The lowest BCUT2D eigenvalue weighted by Crippen LogP contribution is -2.38. The third kappa shape index (κ3) is 3.42. The number of thiophene rings is 1. The predicted molar refractivity (Wildman–Crippen MR) is 110 cm³/mol. The van der Waals surface area contributed by atoms with Gasteiger partial charge in [0.1, 0.15) is 0 Å². The van der Waals surface area contributed by atoms with E-state index in [1.54, 1.807) is 13.2 Å². The third-order valence-electron chi connectivity index (χ3n) is 5.25. The van der Waals surface area contributed by atoms with Crippen molar-refractivity contribution in [3.05, 3.63) is 68.4 Å². The number of aryl methyl sites for hydroxylation is 2. The average molecular weight is 382 g/mol. The fourth-order valence-electron chi connectivity index (χ4n) is 3.75. The number of hydrogen-bond donors (Lipinski definition) is 1. The van der Waals surface area contributed by atoms with Gasteiger partial charge in [-0.2, -0.15) is 0 Å². The van der Waals surface area contributed by atoms with E-state index in [1.165, 1.54) is 27.0 Å². The smallest absolute Gasteiger partial charge is 0.259 e. The van der Waals surface area contributed by atoms with Crippen molar-refractivity contribution in [2.24, 2.45) is 7.05 Å². The monoisotopic (exact) mass is 381 g/mol. The van der Waals surface area contributed by atoms with Crippen molar-refractivity contribution >= 4 is 27.3 Å². The van der Waals surface area contributed by atoms with Gasteiger partial charge >= 0.3 is 0 Å². The molecule has 4 rings (SSSR count). The zero-order valence-electron chi connectivity index (χ0n) is 15.6. The highest BCUT2D eigenvalue weighted by molar-refractivity contribution is 7.19. The van der Waals surface area contributed by atoms with E-state index in [4.69, 9.17) is 0 Å². The van der Waals surface area contributed by atoms with Gasteiger partial charge in [-0.25, -0.2) is 0 Å². The minimum atomic E-state index is -0.153. The molecule has 27 heavy (non-hydrogen) atoms. The summed E-state index contributed by atoms with van der Waals surface area (Å²) in [5.41, 5.74) is 3.21. The van der Waals surface area contributed by atoms with Crippen LogP contribution in [0.2, 0.25) is 0 Å². The molecule has 0 aliphatic carbocycles. The van der Waals surface area contributed by atoms with Crippen LogP contribution in [-0.2, 0) is 20.0 Å². The first kappa shape index (κ1) is 17.9. The lowest BCUT2D eigenvalue weighted by Gasteiger charge is -2.28. The number of nitrogens with zero attached hydrogens (tertiary/aromatic N) is 2. The number of hydrogen-bond acceptors (Lipinski definition) is 4. The maximum atomic E-state index is 12.8. The standard InChI is InChI=1S/C21H23N3O2S/c1-14-18(19-17(27-14)8-10-23(2)21(19)26)20(25)22-9-12-24-11-7-15-5-3-4-6-16(15)13-24/h3-6,8,10H,7,9,11-13H2,1-2H3,(H,22,25). The summed E-state index contributed by atoms with van der Waals surface area (Å²) in [5, 5.41) is 3.55. The van der Waals surface area contributed by atoms with Crippen molar-refractivity contribution in [2.45, 2.75) is 19.9 Å². The van der Waals surface area contributed by atoms with E-state index in [1.807, 2.05) is 13.0 Å². The van der Waals surface area contributed by atoms with Gasteiger partial charge in [-0.05, 0) is 30.5 Å². The quantitative estimate of drug-likeness (QED) is 0.756. The van der Waals surface area contributed by atoms with Gasteiger partial charge in [0.2, 0.25) is 0 Å². The largest absolute Gasteiger partial charge is 0.351 e. The molecule has 0 bridgehead atoms. The highest BCUT2D eigenvalue weighted by atomic mass is 32.1. The Hall–Kier alpha value is -2.44. The molecule has 2 aromatic heterocycles. The van der Waals surface area contributed by atoms with Gasteiger partial charge in [0.15, 0.2) is 0 Å². The first-order chi connectivity index (χ1) is 13.0. The molecule has 0 unspecified atom stereocenters. The molecule has 3 aromatic rings. The Bertz CT molecular complexity index is 1070. The number of carbonyl (C=O) groups is 1. The number of benzene rings is 1. The molecule has 1 aliphatic rings. The van der Waals surface area contributed by atoms with Crippen LogP contribution in [0.4, 0.5) is 0 Å². The van der Waals surface area contributed by atoms with E-state index < -0.39 is 0 Å². The molecule has 1 aromatic carbocycles. The van der Waals surface area contributed by atoms with Crippen molar-refractivity contribution in [1.29, 1.82) is 0 Å². The van der Waals surface area contributed by atoms with Gasteiger partial charge in [0.25, 0.3) is 11.5 Å². The second-order valence-electron chi connectivity index (χ2n) is 7.06. The molecule has 0 saturated heterocycles. The van der Waals surface area contributed by atoms with Crippen molar-refractivity contribution in [3.8, 4) is 0 Å². The number of rotatable bonds is 4. The molecule has 3 heterocycles. The topological polar surface area (TPSA) is 54.3 Å². The number of amides is 1. The van der Waals surface area contributed by atoms with E-state index >= 15 is 0 Å². The number of carbonyl (C=O) groups excluding carboxylic acids is 1. The molecular formula is C21H23N3O2S. The van der Waals surface area contributed by atoms with Crippen molar-refractivity contribution in [1.82, 2.24) is 14.8 Å². The first-order valence-electron chi connectivity index (χ1n) is 9.20. The van der Waals surface area contributed by atoms with E-state index in [-0.39, 0.29) is 11.5 Å². The van der Waals surface area contributed by atoms with Gasteiger partial charge in [-0.15, -0.1) is 11.3 Å². The van der Waals surface area contributed by atoms with E-state index in [0.717, 1.165) is 35.6 Å². The lowest BCUT2D eigenvalue weighted by molar-refractivity contribution is 0.0948. The van der Waals surface area contributed by atoms with E-state index in [2.05, 4.69) is 34.5 Å². The van der Waals surface area contributed by atoms with Gasteiger partial charge in [0.05, 0.1) is 10.9 Å². The van der Waals surface area contributed by atoms with Gasteiger partial charge in [-0.3, -0.25) is 14.5 Å². The molecule has 140 valence electrons. The Morgan fingerprint density at radius 3 is 2.81 bits per heavy atom. The maximum absolute atomic E-state index is 12.8. The second-order valence-corrected chi connectivity index (χ2v) is 8.31. The maximum Gasteiger partial charge on any atom is 0.259 e. The highest BCUT2D eigenvalue weighted by Gasteiger charge is 2.20. The van der Waals surface area contributed by atoms with Gasteiger partial charge < -0.3 is 9.88 Å². The molecule has 0 spiro atoms. The normalized spacial score (nSPS) is 14.3. The molecule has 0 saturated carbocycles. The first-order valence-corrected chi connectivity index (χ1v) is 10.0. The minimum absolute atomic E-state index is 0.116. The van der Waals surface area contributed by atoms with Crippen molar-refractivity contribution in [3.63, 3.8) is 0 Å². The van der Waals surface area contributed by atoms with Crippen LogP contribution in [0.5, 0.6) is 0 Å². The van der Waals surface area contributed by atoms with Gasteiger partial charge in [0, 0.05) is 49.0 Å². The molecule has 6 heteroatoms. The molecular weight excluding hydrogens is 358 g/mol. The van der Waals surface area contributed by atoms with Crippen LogP contribution in [0.15, 0.2) is 41.3 Å². The predicted octanol–water partition coefficient (Wildman–Crippen LogP) is 2.70. The Labute approximate surface area is 162 Å². The van der Waals surface area contributed by atoms with Gasteiger partial charge in [-0.1, -0.05) is 24.3 Å².